The standard InChI is InChI=1S/C13H26NO.HI/c1-14-9-3-2-8-13(14)12(6-4-10-14)7-5-11-15;/h12-13,15H,2-11H2,1H3;1H/q+1;/p-1/t12-,13+,14?;/m1./s1. The summed E-state index contributed by atoms with van der Waals surface area (Å²) < 4.78 is 1.34. The molecule has 2 nitrogen and oxygen atoms in total. The largest absolute Gasteiger partial charge is 1.00 e. The van der Waals surface area contributed by atoms with Crippen LogP contribution in [0, 0.1) is 5.92 Å². The van der Waals surface area contributed by atoms with Crippen molar-refractivity contribution < 1.29 is 33.6 Å². The predicted octanol–water partition coefficient (Wildman–Crippen LogP) is -0.828. The molecule has 0 radical (unpaired) electrons. The SMILES string of the molecule is C[N+]12CCCC[C@H]1[C@@H](CCCO)CCC2.[I-]. The van der Waals surface area contributed by atoms with Crippen LogP contribution in [0.2, 0.25) is 0 Å². The first kappa shape index (κ1) is 14.7. The molecule has 0 amide bonds. The predicted molar refractivity (Wildman–Crippen MR) is 62.6 cm³/mol. The maximum atomic E-state index is 8.95. The number of fused-ring (bicyclic) bond motifs is 1. The van der Waals surface area contributed by atoms with E-state index in [2.05, 4.69) is 7.05 Å². The smallest absolute Gasteiger partial charge is 0.0916 e. The first-order chi connectivity index (χ1) is 7.26. The Kier molecular flexibility index (Phi) is 6.02. The van der Waals surface area contributed by atoms with Crippen LogP contribution in [0.3, 0.4) is 0 Å². The van der Waals surface area contributed by atoms with Gasteiger partial charge in [0.25, 0.3) is 0 Å². The molecule has 2 fully saturated rings. The zero-order valence-electron chi connectivity index (χ0n) is 10.5. The molecule has 2 aliphatic rings. The van der Waals surface area contributed by atoms with Crippen molar-refractivity contribution in [1.29, 1.82) is 0 Å². The topological polar surface area (TPSA) is 20.2 Å². The number of nitrogens with zero attached hydrogens (tertiary/aromatic N) is 1. The Hall–Kier alpha value is 0.650. The van der Waals surface area contributed by atoms with E-state index >= 15 is 0 Å². The zero-order valence-corrected chi connectivity index (χ0v) is 12.7. The fourth-order valence-electron chi connectivity index (χ4n) is 3.92. The normalized spacial score (nSPS) is 38.6. The molecular formula is C13H26INO. The van der Waals surface area contributed by atoms with E-state index in [4.69, 9.17) is 5.11 Å². The van der Waals surface area contributed by atoms with Gasteiger partial charge in [0, 0.05) is 12.5 Å². The summed E-state index contributed by atoms with van der Waals surface area (Å²) in [5.74, 6) is 0.899. The molecule has 96 valence electrons. The molecule has 2 saturated heterocycles. The lowest BCUT2D eigenvalue weighted by Gasteiger charge is -2.51. The molecule has 16 heavy (non-hydrogen) atoms. The van der Waals surface area contributed by atoms with Crippen molar-refractivity contribution in [3.05, 3.63) is 0 Å². The molecule has 0 saturated carbocycles. The monoisotopic (exact) mass is 339 g/mol. The summed E-state index contributed by atoms with van der Waals surface area (Å²) in [4.78, 5) is 0. The second kappa shape index (κ2) is 6.55. The van der Waals surface area contributed by atoms with Gasteiger partial charge in [-0.25, -0.2) is 0 Å². The van der Waals surface area contributed by atoms with E-state index in [0.717, 1.165) is 18.4 Å². The summed E-state index contributed by atoms with van der Waals surface area (Å²) in [6.45, 7) is 3.19. The van der Waals surface area contributed by atoms with Crippen LogP contribution in [0.25, 0.3) is 0 Å². The Morgan fingerprint density at radius 1 is 1.12 bits per heavy atom. The van der Waals surface area contributed by atoms with Crippen LogP contribution < -0.4 is 24.0 Å². The number of hydrogen-bond donors (Lipinski definition) is 1. The van der Waals surface area contributed by atoms with Crippen LogP contribution in [0.4, 0.5) is 0 Å². The minimum atomic E-state index is 0. The van der Waals surface area contributed by atoms with Crippen LogP contribution in [-0.2, 0) is 0 Å². The minimum Gasteiger partial charge on any atom is -1.00 e. The average molecular weight is 339 g/mol. The number of piperidine rings is 2. The van der Waals surface area contributed by atoms with Crippen molar-refractivity contribution in [2.45, 2.75) is 51.0 Å². The van der Waals surface area contributed by atoms with Gasteiger partial charge >= 0.3 is 0 Å². The van der Waals surface area contributed by atoms with Gasteiger partial charge in [-0.1, -0.05) is 0 Å². The number of aliphatic hydroxyl groups excluding tert-OH is 1. The molecule has 3 atom stereocenters. The van der Waals surface area contributed by atoms with E-state index in [1.54, 1.807) is 0 Å². The van der Waals surface area contributed by atoms with Gasteiger partial charge in [-0.3, -0.25) is 0 Å². The fraction of sp³-hybridized carbons (Fsp3) is 1.00. The van der Waals surface area contributed by atoms with Crippen molar-refractivity contribution in [2.75, 3.05) is 26.7 Å². The fourth-order valence-corrected chi connectivity index (χ4v) is 3.92. The molecule has 2 aliphatic heterocycles. The van der Waals surface area contributed by atoms with Gasteiger partial charge in [0.05, 0.1) is 26.2 Å². The third-order valence-electron chi connectivity index (χ3n) is 4.74. The van der Waals surface area contributed by atoms with Gasteiger partial charge in [-0.05, 0) is 44.9 Å². The lowest BCUT2D eigenvalue weighted by Crippen LogP contribution is -3.00. The second-order valence-electron chi connectivity index (χ2n) is 5.76. The van der Waals surface area contributed by atoms with Crippen LogP contribution in [0.15, 0.2) is 0 Å². The second-order valence-corrected chi connectivity index (χ2v) is 5.76. The molecule has 1 unspecified atom stereocenters. The quantitative estimate of drug-likeness (QED) is 0.526. The number of aliphatic hydroxyl groups is 1. The van der Waals surface area contributed by atoms with Gasteiger partial charge in [-0.15, -0.1) is 0 Å². The van der Waals surface area contributed by atoms with Gasteiger partial charge < -0.3 is 33.6 Å². The molecule has 0 spiro atoms. The van der Waals surface area contributed by atoms with E-state index < -0.39 is 0 Å². The molecule has 2 rings (SSSR count). The highest BCUT2D eigenvalue weighted by molar-refractivity contribution is 4.78. The summed E-state index contributed by atoms with van der Waals surface area (Å²) in [5.41, 5.74) is 0. The third kappa shape index (κ3) is 3.10. The number of hydrogen-bond acceptors (Lipinski definition) is 1. The molecule has 1 N–H and O–H groups in total. The molecule has 0 aromatic carbocycles. The van der Waals surface area contributed by atoms with Crippen molar-refractivity contribution in [2.24, 2.45) is 5.92 Å². The maximum absolute atomic E-state index is 8.95. The van der Waals surface area contributed by atoms with E-state index in [1.807, 2.05) is 0 Å². The number of quaternary nitrogens is 1. The summed E-state index contributed by atoms with van der Waals surface area (Å²) in [7, 11) is 2.47. The molecular weight excluding hydrogens is 313 g/mol. The Balaban J connectivity index is 0.00000128. The summed E-state index contributed by atoms with van der Waals surface area (Å²) in [6, 6.07) is 0.916. The summed E-state index contributed by atoms with van der Waals surface area (Å²) in [5, 5.41) is 8.95. The highest BCUT2D eigenvalue weighted by atomic mass is 127. The highest BCUT2D eigenvalue weighted by Crippen LogP contribution is 2.37. The Morgan fingerprint density at radius 3 is 2.62 bits per heavy atom. The van der Waals surface area contributed by atoms with Crippen LogP contribution in [-0.4, -0.2) is 42.4 Å². The maximum Gasteiger partial charge on any atom is 0.0916 e. The zero-order chi connectivity index (χ0) is 10.7. The lowest BCUT2D eigenvalue weighted by molar-refractivity contribution is -0.947. The van der Waals surface area contributed by atoms with Crippen molar-refractivity contribution in [3.63, 3.8) is 0 Å². The summed E-state index contributed by atoms with van der Waals surface area (Å²) in [6.07, 6.45) is 9.40. The average Bonchev–Trinajstić information content (AvgIpc) is 2.25. The van der Waals surface area contributed by atoms with Crippen LogP contribution >= 0.6 is 0 Å². The summed E-state index contributed by atoms with van der Waals surface area (Å²) >= 11 is 0. The Morgan fingerprint density at radius 2 is 1.88 bits per heavy atom. The number of halogens is 1. The Bertz CT molecular complexity index is 208. The molecule has 0 bridgehead atoms. The molecule has 0 aliphatic carbocycles. The van der Waals surface area contributed by atoms with Crippen molar-refractivity contribution in [1.82, 2.24) is 0 Å². The van der Waals surface area contributed by atoms with Crippen LogP contribution in [0.5, 0.6) is 0 Å². The lowest BCUT2D eigenvalue weighted by atomic mass is 9.79. The molecule has 0 aromatic heterocycles. The van der Waals surface area contributed by atoms with E-state index in [-0.39, 0.29) is 24.0 Å². The Labute approximate surface area is 117 Å². The minimum absolute atomic E-state index is 0. The first-order valence-electron chi connectivity index (χ1n) is 6.71. The van der Waals surface area contributed by atoms with Crippen molar-refractivity contribution >= 4 is 0 Å². The molecule has 3 heteroatoms. The molecule has 2 heterocycles. The molecule has 0 aromatic rings. The van der Waals surface area contributed by atoms with Crippen LogP contribution in [0.1, 0.15) is 44.9 Å². The van der Waals surface area contributed by atoms with Gasteiger partial charge in [0.15, 0.2) is 0 Å². The van der Waals surface area contributed by atoms with Gasteiger partial charge in [0.2, 0.25) is 0 Å². The number of rotatable bonds is 3. The van der Waals surface area contributed by atoms with Gasteiger partial charge in [0.1, 0.15) is 0 Å². The van der Waals surface area contributed by atoms with Gasteiger partial charge in [-0.2, -0.15) is 0 Å². The third-order valence-corrected chi connectivity index (χ3v) is 4.74. The van der Waals surface area contributed by atoms with E-state index in [0.29, 0.717) is 6.61 Å². The van der Waals surface area contributed by atoms with E-state index in [9.17, 15) is 0 Å². The highest BCUT2D eigenvalue weighted by Gasteiger charge is 2.42. The first-order valence-corrected chi connectivity index (χ1v) is 6.71. The van der Waals surface area contributed by atoms with E-state index in [1.165, 1.54) is 56.1 Å². The van der Waals surface area contributed by atoms with Crippen molar-refractivity contribution in [3.8, 4) is 0 Å².